The maximum atomic E-state index is 12.7. The van der Waals surface area contributed by atoms with Gasteiger partial charge in [0.05, 0.1) is 13.5 Å². The van der Waals surface area contributed by atoms with Gasteiger partial charge >= 0.3 is 0 Å². The lowest BCUT2D eigenvalue weighted by atomic mass is 9.93. The van der Waals surface area contributed by atoms with E-state index in [0.717, 1.165) is 43.8 Å². The highest BCUT2D eigenvalue weighted by Crippen LogP contribution is 2.39. The lowest BCUT2D eigenvalue weighted by Gasteiger charge is -2.32. The van der Waals surface area contributed by atoms with Gasteiger partial charge in [-0.2, -0.15) is 0 Å². The lowest BCUT2D eigenvalue weighted by Crippen LogP contribution is -2.39. The molecule has 1 aliphatic heterocycles. The zero-order valence-corrected chi connectivity index (χ0v) is 17.1. The van der Waals surface area contributed by atoms with Gasteiger partial charge in [0.2, 0.25) is 5.91 Å². The fourth-order valence-electron chi connectivity index (χ4n) is 4.29. The van der Waals surface area contributed by atoms with Crippen LogP contribution in [0.5, 0.6) is 5.75 Å². The van der Waals surface area contributed by atoms with Crippen molar-refractivity contribution in [2.75, 3.05) is 20.2 Å². The number of aromatic nitrogens is 2. The van der Waals surface area contributed by atoms with Crippen LogP contribution in [0.4, 0.5) is 0 Å². The molecule has 4 rings (SSSR count). The number of ether oxygens (including phenoxy) is 1. The van der Waals surface area contributed by atoms with Crippen LogP contribution in [-0.2, 0) is 17.8 Å². The van der Waals surface area contributed by atoms with Gasteiger partial charge in [-0.25, -0.2) is 4.98 Å². The van der Waals surface area contributed by atoms with E-state index in [4.69, 9.17) is 4.74 Å². The molecule has 0 bridgehead atoms. The monoisotopic (exact) mass is 381 g/mol. The average Bonchev–Trinajstić information content (AvgIpc) is 3.50. The van der Waals surface area contributed by atoms with Crippen molar-refractivity contribution >= 4 is 5.91 Å². The number of hydrogen-bond donors (Lipinski definition) is 0. The first kappa shape index (κ1) is 19.0. The van der Waals surface area contributed by atoms with Crippen molar-refractivity contribution in [3.05, 3.63) is 47.5 Å². The van der Waals surface area contributed by atoms with Crippen LogP contribution in [-0.4, -0.2) is 40.6 Å². The Hall–Kier alpha value is -2.30. The molecule has 1 aromatic carbocycles. The molecule has 5 nitrogen and oxygen atoms in total. The summed E-state index contributed by atoms with van der Waals surface area (Å²) in [6.07, 6.45) is 8.48. The molecule has 0 unspecified atom stereocenters. The maximum Gasteiger partial charge on any atom is 0.226 e. The minimum absolute atomic E-state index is 0.230. The summed E-state index contributed by atoms with van der Waals surface area (Å²) in [5, 5.41) is 0. The van der Waals surface area contributed by atoms with E-state index < -0.39 is 0 Å². The number of nitrogens with zero attached hydrogens (tertiary/aromatic N) is 3. The number of imidazole rings is 1. The molecule has 2 heterocycles. The largest absolute Gasteiger partial charge is 0.497 e. The van der Waals surface area contributed by atoms with Crippen LogP contribution >= 0.6 is 0 Å². The molecule has 0 atom stereocenters. The molecule has 0 spiro atoms. The van der Waals surface area contributed by atoms with Crippen LogP contribution in [0.1, 0.15) is 55.1 Å². The summed E-state index contributed by atoms with van der Waals surface area (Å²) in [5.41, 5.74) is 2.31. The van der Waals surface area contributed by atoms with Gasteiger partial charge in [0.15, 0.2) is 0 Å². The number of rotatable bonds is 7. The van der Waals surface area contributed by atoms with Crippen molar-refractivity contribution in [2.45, 2.75) is 57.9 Å². The van der Waals surface area contributed by atoms with Gasteiger partial charge in [0.1, 0.15) is 11.6 Å². The minimum atomic E-state index is 0.230. The van der Waals surface area contributed by atoms with E-state index in [-0.39, 0.29) is 5.91 Å². The Morgan fingerprint density at radius 3 is 2.71 bits per heavy atom. The second kappa shape index (κ2) is 8.38. The zero-order chi connectivity index (χ0) is 19.5. The molecule has 1 aliphatic carbocycles. The Bertz CT molecular complexity index is 817. The molecule has 2 aromatic rings. The molecule has 5 heteroatoms. The molecule has 1 aromatic heterocycles. The van der Waals surface area contributed by atoms with Gasteiger partial charge in [0.25, 0.3) is 0 Å². The third-order valence-corrected chi connectivity index (χ3v) is 6.25. The van der Waals surface area contributed by atoms with Gasteiger partial charge in [-0.1, -0.05) is 12.1 Å². The Labute approximate surface area is 167 Å². The van der Waals surface area contributed by atoms with E-state index >= 15 is 0 Å². The van der Waals surface area contributed by atoms with Gasteiger partial charge < -0.3 is 14.2 Å². The zero-order valence-electron chi connectivity index (χ0n) is 17.1. The summed E-state index contributed by atoms with van der Waals surface area (Å²) in [5.74, 6) is 3.74. The molecule has 2 aliphatic rings. The number of carbonyl (C=O) groups excluding carboxylic acids is 1. The van der Waals surface area contributed by atoms with Crippen molar-refractivity contribution in [1.82, 2.24) is 14.5 Å². The summed E-state index contributed by atoms with van der Waals surface area (Å²) in [4.78, 5) is 19.3. The van der Waals surface area contributed by atoms with Crippen molar-refractivity contribution in [1.29, 1.82) is 0 Å². The Morgan fingerprint density at radius 2 is 2.00 bits per heavy atom. The van der Waals surface area contributed by atoms with Crippen LogP contribution in [0, 0.1) is 12.8 Å². The number of methoxy groups -OCH3 is 1. The van der Waals surface area contributed by atoms with Crippen LogP contribution in [0.15, 0.2) is 30.5 Å². The molecule has 150 valence electrons. The van der Waals surface area contributed by atoms with Gasteiger partial charge in [-0.3, -0.25) is 4.79 Å². The van der Waals surface area contributed by atoms with Gasteiger partial charge in [0, 0.05) is 37.4 Å². The van der Waals surface area contributed by atoms with Crippen LogP contribution in [0.3, 0.4) is 0 Å². The fourth-order valence-corrected chi connectivity index (χ4v) is 4.29. The highest BCUT2D eigenvalue weighted by molar-refractivity contribution is 5.79. The van der Waals surface area contributed by atoms with E-state index in [0.29, 0.717) is 18.3 Å². The summed E-state index contributed by atoms with van der Waals surface area (Å²) >= 11 is 0. The lowest BCUT2D eigenvalue weighted by molar-refractivity contribution is -0.131. The second-order valence-corrected chi connectivity index (χ2v) is 8.32. The number of aryl methyl sites for hydroxylation is 1. The minimum Gasteiger partial charge on any atom is -0.497 e. The first-order valence-electron chi connectivity index (χ1n) is 10.6. The summed E-state index contributed by atoms with van der Waals surface area (Å²) in [6.45, 7) is 5.00. The Balaban J connectivity index is 1.25. The highest BCUT2D eigenvalue weighted by atomic mass is 16.5. The van der Waals surface area contributed by atoms with E-state index in [9.17, 15) is 4.79 Å². The first-order chi connectivity index (χ1) is 13.6. The normalized spacial score (nSPS) is 17.7. The molecule has 0 radical (unpaired) electrons. The standard InChI is InChI=1S/C23H31N3O2/c1-17-16-24-23(20-6-7-20)26(17)13-10-18-8-11-25(12-9-18)22(27)15-19-4-3-5-21(14-19)28-2/h3-5,14,16,18,20H,6-13,15H2,1-2H3. The summed E-state index contributed by atoms with van der Waals surface area (Å²) in [6, 6.07) is 7.81. The predicted molar refractivity (Wildman–Crippen MR) is 110 cm³/mol. The van der Waals surface area contributed by atoms with E-state index in [1.807, 2.05) is 35.4 Å². The van der Waals surface area contributed by atoms with Crippen LogP contribution in [0.2, 0.25) is 0 Å². The number of likely N-dealkylation sites (tertiary alicyclic amines) is 1. The van der Waals surface area contributed by atoms with Crippen LogP contribution < -0.4 is 4.74 Å². The van der Waals surface area contributed by atoms with E-state index in [1.165, 1.54) is 30.8 Å². The Kier molecular flexibility index (Phi) is 5.69. The van der Waals surface area contributed by atoms with Crippen LogP contribution in [0.25, 0.3) is 0 Å². The molecular formula is C23H31N3O2. The van der Waals surface area contributed by atoms with E-state index in [2.05, 4.69) is 16.5 Å². The average molecular weight is 382 g/mol. The number of piperidine rings is 1. The fraction of sp³-hybridized carbons (Fsp3) is 0.565. The number of benzene rings is 1. The smallest absolute Gasteiger partial charge is 0.226 e. The van der Waals surface area contributed by atoms with E-state index in [1.54, 1.807) is 7.11 Å². The molecule has 2 fully saturated rings. The van der Waals surface area contributed by atoms with Crippen molar-refractivity contribution in [3.8, 4) is 5.75 Å². The molecule has 0 N–H and O–H groups in total. The summed E-state index contributed by atoms with van der Waals surface area (Å²) in [7, 11) is 1.66. The summed E-state index contributed by atoms with van der Waals surface area (Å²) < 4.78 is 7.69. The quantitative estimate of drug-likeness (QED) is 0.730. The maximum absolute atomic E-state index is 12.7. The van der Waals surface area contributed by atoms with Crippen molar-refractivity contribution < 1.29 is 9.53 Å². The molecule has 1 amide bonds. The number of hydrogen-bond acceptors (Lipinski definition) is 3. The molecular weight excluding hydrogens is 350 g/mol. The van der Waals surface area contributed by atoms with Crippen molar-refractivity contribution in [2.24, 2.45) is 5.92 Å². The third-order valence-electron chi connectivity index (χ3n) is 6.25. The van der Waals surface area contributed by atoms with Crippen molar-refractivity contribution in [3.63, 3.8) is 0 Å². The molecule has 1 saturated carbocycles. The third kappa shape index (κ3) is 4.40. The highest BCUT2D eigenvalue weighted by Gasteiger charge is 2.29. The van der Waals surface area contributed by atoms with Gasteiger partial charge in [-0.15, -0.1) is 0 Å². The first-order valence-corrected chi connectivity index (χ1v) is 10.6. The predicted octanol–water partition coefficient (Wildman–Crippen LogP) is 3.95. The Morgan fingerprint density at radius 1 is 1.21 bits per heavy atom. The number of carbonyl (C=O) groups is 1. The second-order valence-electron chi connectivity index (χ2n) is 8.32. The molecule has 28 heavy (non-hydrogen) atoms. The molecule has 1 saturated heterocycles. The van der Waals surface area contributed by atoms with Gasteiger partial charge in [-0.05, 0) is 62.6 Å². The topological polar surface area (TPSA) is 47.4 Å². The SMILES string of the molecule is COc1cccc(CC(=O)N2CCC(CCn3c(C)cnc3C3CC3)CC2)c1. The number of amides is 1.